The lowest BCUT2D eigenvalue weighted by Gasteiger charge is -1.97. The molecule has 2 aromatic rings. The highest BCUT2D eigenvalue weighted by Gasteiger charge is 2.01. The summed E-state index contributed by atoms with van der Waals surface area (Å²) in [5, 5.41) is 12.8. The Morgan fingerprint density at radius 1 is 1.54 bits per heavy atom. The van der Waals surface area contributed by atoms with E-state index in [9.17, 15) is 0 Å². The van der Waals surface area contributed by atoms with Crippen molar-refractivity contribution in [1.29, 1.82) is 0 Å². The number of hydrogen-bond acceptors (Lipinski definition) is 4. The van der Waals surface area contributed by atoms with Gasteiger partial charge in [0.1, 0.15) is 10.2 Å². The van der Waals surface area contributed by atoms with E-state index in [4.69, 9.17) is 17.3 Å². The van der Waals surface area contributed by atoms with Gasteiger partial charge in [0.05, 0.1) is 25.5 Å². The fourth-order valence-corrected chi connectivity index (χ4v) is 1.31. The molecule has 0 saturated carbocycles. The Morgan fingerprint density at radius 3 is 3.15 bits per heavy atom. The molecule has 0 spiro atoms. The number of rotatable bonds is 2. The van der Waals surface area contributed by atoms with Crippen LogP contribution in [0.5, 0.6) is 0 Å². The summed E-state index contributed by atoms with van der Waals surface area (Å²) in [7, 11) is 0. The van der Waals surface area contributed by atoms with Gasteiger partial charge in [-0.05, 0) is 0 Å². The van der Waals surface area contributed by atoms with Crippen LogP contribution in [0.3, 0.4) is 0 Å². The second kappa shape index (κ2) is 3.23. The molecule has 0 fully saturated rings. The van der Waals surface area contributed by atoms with Crippen LogP contribution in [0.1, 0.15) is 0 Å². The zero-order valence-electron chi connectivity index (χ0n) is 6.77. The van der Waals surface area contributed by atoms with Gasteiger partial charge in [0.2, 0.25) is 0 Å². The second-order valence-corrected chi connectivity index (χ2v) is 3.02. The van der Waals surface area contributed by atoms with Crippen molar-refractivity contribution >= 4 is 23.4 Å². The average molecular weight is 196 g/mol. The minimum atomic E-state index is 0.0497. The molecule has 0 saturated heterocycles. The third-order valence-electron chi connectivity index (χ3n) is 1.69. The molecule has 5 nitrogen and oxygen atoms in total. The molecular weight excluding hydrogens is 188 g/mol. The number of hydrogen-bond donors (Lipinski definition) is 2. The Labute approximate surface area is 79.0 Å². The maximum Gasteiger partial charge on any atom is 0.174 e. The lowest BCUT2D eigenvalue weighted by molar-refractivity contribution is 0.271. The van der Waals surface area contributed by atoms with Crippen LogP contribution in [0.25, 0.3) is 11.2 Å². The Bertz CT molecular complexity index is 475. The molecule has 2 N–H and O–H groups in total. The summed E-state index contributed by atoms with van der Waals surface area (Å²) in [6, 6.07) is 0. The van der Waals surface area contributed by atoms with E-state index in [0.717, 1.165) is 5.52 Å². The van der Waals surface area contributed by atoms with Gasteiger partial charge in [-0.3, -0.25) is 0 Å². The molecule has 0 aliphatic heterocycles. The van der Waals surface area contributed by atoms with Crippen molar-refractivity contribution in [2.45, 2.75) is 6.54 Å². The fourth-order valence-electron chi connectivity index (χ4n) is 1.15. The van der Waals surface area contributed by atoms with Gasteiger partial charge in [0.25, 0.3) is 0 Å². The van der Waals surface area contributed by atoms with Crippen molar-refractivity contribution in [2.75, 3.05) is 6.61 Å². The summed E-state index contributed by atoms with van der Waals surface area (Å²) >= 11 is 4.91. The van der Waals surface area contributed by atoms with Crippen molar-refractivity contribution < 1.29 is 5.11 Å². The first-order chi connectivity index (χ1) is 6.31. The van der Waals surface area contributed by atoms with Gasteiger partial charge in [0, 0.05) is 0 Å². The molecular formula is C7H8N4OS. The van der Waals surface area contributed by atoms with Crippen LogP contribution >= 0.6 is 12.2 Å². The van der Waals surface area contributed by atoms with Crippen molar-refractivity contribution in [3.63, 3.8) is 0 Å². The van der Waals surface area contributed by atoms with Gasteiger partial charge < -0.3 is 10.1 Å². The number of nitrogens with one attached hydrogen (secondary N) is 1. The predicted molar refractivity (Wildman–Crippen MR) is 49.8 cm³/mol. The largest absolute Gasteiger partial charge is 0.394 e. The highest BCUT2D eigenvalue weighted by molar-refractivity contribution is 7.71. The second-order valence-electron chi connectivity index (χ2n) is 2.58. The fraction of sp³-hybridized carbons (Fsp3) is 0.286. The molecule has 0 radical (unpaired) electrons. The van der Waals surface area contributed by atoms with Crippen LogP contribution in [-0.2, 0) is 6.54 Å². The van der Waals surface area contributed by atoms with E-state index < -0.39 is 0 Å². The topological polar surface area (TPSA) is 66.7 Å². The Kier molecular flexibility index (Phi) is 2.07. The lowest BCUT2D eigenvalue weighted by atomic mass is 10.5. The number of aliphatic hydroxyl groups is 1. The van der Waals surface area contributed by atoms with E-state index in [1.54, 1.807) is 17.1 Å². The monoisotopic (exact) mass is 196 g/mol. The van der Waals surface area contributed by atoms with Crippen LogP contribution < -0.4 is 0 Å². The third kappa shape index (κ3) is 1.45. The van der Waals surface area contributed by atoms with E-state index in [2.05, 4.69) is 15.1 Å². The van der Waals surface area contributed by atoms with Crippen LogP contribution in [0, 0.1) is 4.64 Å². The summed E-state index contributed by atoms with van der Waals surface area (Å²) in [6.45, 7) is 0.495. The zero-order chi connectivity index (χ0) is 9.26. The zero-order valence-corrected chi connectivity index (χ0v) is 7.58. The van der Waals surface area contributed by atoms with E-state index in [1.807, 2.05) is 0 Å². The molecule has 2 heterocycles. The Morgan fingerprint density at radius 2 is 2.38 bits per heavy atom. The van der Waals surface area contributed by atoms with E-state index in [1.165, 1.54) is 0 Å². The van der Waals surface area contributed by atoms with Crippen LogP contribution in [-0.4, -0.2) is 31.5 Å². The van der Waals surface area contributed by atoms with Crippen molar-refractivity contribution in [3.8, 4) is 0 Å². The molecule has 0 aliphatic carbocycles. The maximum absolute atomic E-state index is 8.73. The quantitative estimate of drug-likeness (QED) is 0.686. The van der Waals surface area contributed by atoms with Crippen LogP contribution in [0.4, 0.5) is 0 Å². The molecule has 2 aromatic heterocycles. The van der Waals surface area contributed by atoms with Gasteiger partial charge in [-0.15, -0.1) is 0 Å². The first-order valence-electron chi connectivity index (χ1n) is 3.83. The highest BCUT2D eigenvalue weighted by atomic mass is 32.1. The maximum atomic E-state index is 8.73. The highest BCUT2D eigenvalue weighted by Crippen LogP contribution is 2.06. The number of H-pyrrole nitrogens is 1. The SMILES string of the molecule is OCCn1ncc2[nH]c(=S)cnc21. The van der Waals surface area contributed by atoms with E-state index in [-0.39, 0.29) is 6.61 Å². The molecule has 2 rings (SSSR count). The molecule has 0 aromatic carbocycles. The normalized spacial score (nSPS) is 10.8. The third-order valence-corrected chi connectivity index (χ3v) is 1.89. The van der Waals surface area contributed by atoms with Crippen LogP contribution in [0.2, 0.25) is 0 Å². The van der Waals surface area contributed by atoms with E-state index >= 15 is 0 Å². The molecule has 0 unspecified atom stereocenters. The van der Waals surface area contributed by atoms with Gasteiger partial charge in [-0.1, -0.05) is 12.2 Å². The summed E-state index contributed by atoms with van der Waals surface area (Å²) < 4.78 is 2.21. The average Bonchev–Trinajstić information content (AvgIpc) is 2.49. The molecule has 0 aliphatic rings. The van der Waals surface area contributed by atoms with E-state index in [0.29, 0.717) is 16.8 Å². The Hall–Kier alpha value is -1.27. The minimum absolute atomic E-state index is 0.0497. The standard InChI is InChI=1S/C7H8N4OS/c12-2-1-11-7-5(3-9-11)10-6(13)4-8-7/h3-4,12H,1-2H2,(H,10,13). The van der Waals surface area contributed by atoms with Crippen molar-refractivity contribution in [1.82, 2.24) is 19.7 Å². The number of nitrogens with zero attached hydrogens (tertiary/aromatic N) is 3. The van der Waals surface area contributed by atoms with Gasteiger partial charge >= 0.3 is 0 Å². The molecule has 0 bridgehead atoms. The lowest BCUT2D eigenvalue weighted by Crippen LogP contribution is -2.04. The summed E-state index contributed by atoms with van der Waals surface area (Å²) in [5.74, 6) is 0. The molecule has 6 heteroatoms. The first kappa shape index (κ1) is 8.33. The van der Waals surface area contributed by atoms with Crippen LogP contribution in [0.15, 0.2) is 12.4 Å². The Balaban J connectivity index is 2.62. The first-order valence-corrected chi connectivity index (χ1v) is 4.24. The summed E-state index contributed by atoms with van der Waals surface area (Å²) in [6.07, 6.45) is 3.21. The number of fused-ring (bicyclic) bond motifs is 1. The number of aliphatic hydroxyl groups excluding tert-OH is 1. The molecule has 0 amide bonds. The molecule has 13 heavy (non-hydrogen) atoms. The van der Waals surface area contributed by atoms with Gasteiger partial charge in [0.15, 0.2) is 5.65 Å². The summed E-state index contributed by atoms with van der Waals surface area (Å²) in [4.78, 5) is 7.07. The number of aromatic nitrogens is 4. The van der Waals surface area contributed by atoms with Gasteiger partial charge in [-0.2, -0.15) is 5.10 Å². The van der Waals surface area contributed by atoms with Gasteiger partial charge in [-0.25, -0.2) is 9.67 Å². The predicted octanol–water partition coefficient (Wildman–Crippen LogP) is 0.481. The summed E-state index contributed by atoms with van der Waals surface area (Å²) in [5.41, 5.74) is 1.50. The number of aromatic amines is 1. The van der Waals surface area contributed by atoms with Crippen molar-refractivity contribution in [2.24, 2.45) is 0 Å². The minimum Gasteiger partial charge on any atom is -0.394 e. The smallest absolute Gasteiger partial charge is 0.174 e. The molecule has 0 atom stereocenters. The molecule has 68 valence electrons. The van der Waals surface area contributed by atoms with Crippen molar-refractivity contribution in [3.05, 3.63) is 17.0 Å².